The van der Waals surface area contributed by atoms with Gasteiger partial charge in [-0.2, -0.15) is 0 Å². The summed E-state index contributed by atoms with van der Waals surface area (Å²) in [6, 6.07) is 0.156. The zero-order valence-electron chi connectivity index (χ0n) is 28.9. The average molecular weight is 678 g/mol. The molecular formula is C32H59N3O12. The largest absolute Gasteiger partial charge is 0.379 e. The monoisotopic (exact) mass is 677 g/mol. The molecule has 0 rings (SSSR count). The fraction of sp³-hybridized carbons (Fsp3) is 0.812. The van der Waals surface area contributed by atoms with E-state index in [2.05, 4.69) is 24.5 Å². The maximum atomic E-state index is 11.8. The molecule has 0 heterocycles. The highest BCUT2D eigenvalue weighted by Gasteiger charge is 2.10. The van der Waals surface area contributed by atoms with Crippen LogP contribution in [0.1, 0.15) is 33.6 Å². The molecule has 274 valence electrons. The van der Waals surface area contributed by atoms with Gasteiger partial charge in [-0.3, -0.25) is 19.2 Å². The van der Waals surface area contributed by atoms with Crippen molar-refractivity contribution in [2.45, 2.75) is 39.7 Å². The number of carbonyl (C=O) groups excluding carboxylic acids is 4. The smallest absolute Gasteiger partial charge is 0.246 e. The second-order valence-electron chi connectivity index (χ2n) is 10.6. The molecule has 0 aromatic rings. The van der Waals surface area contributed by atoms with Crippen LogP contribution in [0.5, 0.6) is 0 Å². The predicted octanol–water partition coefficient (Wildman–Crippen LogP) is 0.390. The van der Waals surface area contributed by atoms with Crippen molar-refractivity contribution in [2.24, 2.45) is 5.92 Å². The molecule has 1 unspecified atom stereocenters. The second-order valence-corrected chi connectivity index (χ2v) is 10.6. The Bertz CT molecular complexity index is 816. The average Bonchev–Trinajstić information content (AvgIpc) is 3.05. The molecule has 0 aliphatic heterocycles. The highest BCUT2D eigenvalue weighted by atomic mass is 16.6. The van der Waals surface area contributed by atoms with Crippen LogP contribution in [0.4, 0.5) is 0 Å². The van der Waals surface area contributed by atoms with Crippen LogP contribution in [0.15, 0.2) is 12.2 Å². The van der Waals surface area contributed by atoms with E-state index in [-0.39, 0.29) is 36.7 Å². The fourth-order valence-electron chi connectivity index (χ4n) is 3.28. The summed E-state index contributed by atoms with van der Waals surface area (Å²) in [5.41, 5.74) is 0. The minimum atomic E-state index is -0.336. The van der Waals surface area contributed by atoms with Crippen molar-refractivity contribution in [3.8, 4) is 0 Å². The Morgan fingerprint density at radius 1 is 0.596 bits per heavy atom. The normalized spacial score (nSPS) is 12.0. The van der Waals surface area contributed by atoms with Gasteiger partial charge in [-0.05, 0) is 18.9 Å². The standard InChI is InChI=1S/C32H59N3O12/c1-28(2)29(3)34-31(38)8-12-40-14-16-42-18-20-44-22-24-46-26-27-47-25-23-45-21-19-43-17-15-41-13-9-33-30(37)7-10-35(4)32(39)6-5-11-36/h5-6,11,28-29H,7-10,12-27H2,1-4H3,(H,33,37)(H,34,38)/b6-5-. The molecule has 15 heteroatoms. The molecule has 0 aliphatic rings. The molecule has 0 aromatic carbocycles. The molecule has 0 saturated carbocycles. The van der Waals surface area contributed by atoms with Crippen LogP contribution >= 0.6 is 0 Å². The number of likely N-dealkylation sites (N-methyl/N-ethyl adjacent to an activating group) is 1. The Morgan fingerprint density at radius 3 is 1.40 bits per heavy atom. The van der Waals surface area contributed by atoms with Gasteiger partial charge in [-0.25, -0.2) is 0 Å². The molecule has 0 aliphatic carbocycles. The van der Waals surface area contributed by atoms with Gasteiger partial charge in [-0.1, -0.05) is 13.8 Å². The van der Waals surface area contributed by atoms with Crippen molar-refractivity contribution in [2.75, 3.05) is 126 Å². The van der Waals surface area contributed by atoms with Crippen molar-refractivity contribution in [1.29, 1.82) is 0 Å². The summed E-state index contributed by atoms with van der Waals surface area (Å²) in [6.45, 7) is 13.8. The second kappa shape index (κ2) is 33.4. The Hall–Kier alpha value is -2.50. The van der Waals surface area contributed by atoms with E-state index in [4.69, 9.17) is 37.9 Å². The molecule has 47 heavy (non-hydrogen) atoms. The van der Waals surface area contributed by atoms with Gasteiger partial charge in [0.05, 0.1) is 106 Å². The van der Waals surface area contributed by atoms with E-state index in [1.54, 1.807) is 7.05 Å². The first-order valence-corrected chi connectivity index (χ1v) is 16.3. The molecular weight excluding hydrogens is 618 g/mol. The van der Waals surface area contributed by atoms with E-state index in [1.165, 1.54) is 4.90 Å². The van der Waals surface area contributed by atoms with Crippen LogP contribution in [0.2, 0.25) is 0 Å². The third-order valence-electron chi connectivity index (χ3n) is 6.40. The molecule has 2 N–H and O–H groups in total. The van der Waals surface area contributed by atoms with Crippen LogP contribution < -0.4 is 10.6 Å². The number of ether oxygens (including phenoxy) is 8. The van der Waals surface area contributed by atoms with Gasteiger partial charge in [0, 0.05) is 45.1 Å². The van der Waals surface area contributed by atoms with E-state index in [0.29, 0.717) is 131 Å². The summed E-state index contributed by atoms with van der Waals surface area (Å²) in [5.74, 6) is -0.118. The zero-order chi connectivity index (χ0) is 34.8. The Labute approximate surface area is 280 Å². The van der Waals surface area contributed by atoms with Crippen molar-refractivity contribution in [3.05, 3.63) is 12.2 Å². The van der Waals surface area contributed by atoms with Gasteiger partial charge in [0.15, 0.2) is 0 Å². The van der Waals surface area contributed by atoms with Crippen LogP contribution in [0.25, 0.3) is 0 Å². The van der Waals surface area contributed by atoms with Gasteiger partial charge in [0.2, 0.25) is 17.7 Å². The van der Waals surface area contributed by atoms with Crippen LogP contribution in [-0.4, -0.2) is 161 Å². The number of hydrogen-bond acceptors (Lipinski definition) is 12. The molecule has 0 bridgehead atoms. The minimum Gasteiger partial charge on any atom is -0.379 e. The summed E-state index contributed by atoms with van der Waals surface area (Å²) < 4.78 is 43.5. The molecule has 0 spiro atoms. The first-order valence-electron chi connectivity index (χ1n) is 16.3. The Morgan fingerprint density at radius 2 is 1.00 bits per heavy atom. The molecule has 0 saturated heterocycles. The highest BCUT2D eigenvalue weighted by Crippen LogP contribution is 2.00. The summed E-state index contributed by atoms with van der Waals surface area (Å²) in [4.78, 5) is 46.8. The van der Waals surface area contributed by atoms with E-state index in [1.807, 2.05) is 6.92 Å². The van der Waals surface area contributed by atoms with Crippen molar-refractivity contribution < 1.29 is 57.1 Å². The molecule has 3 amide bonds. The van der Waals surface area contributed by atoms with Crippen molar-refractivity contribution in [1.82, 2.24) is 15.5 Å². The van der Waals surface area contributed by atoms with E-state index < -0.39 is 0 Å². The number of rotatable bonds is 34. The van der Waals surface area contributed by atoms with E-state index in [0.717, 1.165) is 12.2 Å². The lowest BCUT2D eigenvalue weighted by Crippen LogP contribution is -2.36. The first kappa shape index (κ1) is 44.5. The Kier molecular flexibility index (Phi) is 31.6. The lowest BCUT2D eigenvalue weighted by molar-refractivity contribution is -0.126. The molecule has 15 nitrogen and oxygen atoms in total. The van der Waals surface area contributed by atoms with E-state index >= 15 is 0 Å². The number of amides is 3. The number of nitrogens with zero attached hydrogens (tertiary/aromatic N) is 1. The molecule has 1 atom stereocenters. The van der Waals surface area contributed by atoms with Crippen LogP contribution in [0, 0.1) is 5.92 Å². The fourth-order valence-corrected chi connectivity index (χ4v) is 3.28. The topological polar surface area (TPSA) is 169 Å². The Balaban J connectivity index is 3.25. The summed E-state index contributed by atoms with van der Waals surface area (Å²) >= 11 is 0. The van der Waals surface area contributed by atoms with Gasteiger partial charge < -0.3 is 53.4 Å². The maximum absolute atomic E-state index is 11.8. The number of nitrogens with one attached hydrogen (secondary N) is 2. The third kappa shape index (κ3) is 31.8. The maximum Gasteiger partial charge on any atom is 0.246 e. The van der Waals surface area contributed by atoms with Gasteiger partial charge >= 0.3 is 0 Å². The van der Waals surface area contributed by atoms with Crippen molar-refractivity contribution >= 4 is 24.0 Å². The number of hydrogen-bond donors (Lipinski definition) is 2. The van der Waals surface area contributed by atoms with Gasteiger partial charge in [-0.15, -0.1) is 0 Å². The predicted molar refractivity (Wildman–Crippen MR) is 174 cm³/mol. The quantitative estimate of drug-likeness (QED) is 0.0547. The summed E-state index contributed by atoms with van der Waals surface area (Å²) in [5, 5.41) is 5.66. The lowest BCUT2D eigenvalue weighted by Gasteiger charge is -2.17. The number of aldehydes is 1. The van der Waals surface area contributed by atoms with Gasteiger partial charge in [0.25, 0.3) is 0 Å². The summed E-state index contributed by atoms with van der Waals surface area (Å²) in [6.07, 6.45) is 3.30. The zero-order valence-corrected chi connectivity index (χ0v) is 28.9. The molecule has 0 aromatic heterocycles. The summed E-state index contributed by atoms with van der Waals surface area (Å²) in [7, 11) is 1.56. The minimum absolute atomic E-state index is 0.00187. The molecule has 0 fully saturated rings. The lowest BCUT2D eigenvalue weighted by atomic mass is 10.1. The molecule has 0 radical (unpaired) electrons. The van der Waals surface area contributed by atoms with Gasteiger partial charge in [0.1, 0.15) is 6.29 Å². The number of carbonyl (C=O) groups is 4. The van der Waals surface area contributed by atoms with Crippen molar-refractivity contribution in [3.63, 3.8) is 0 Å². The van der Waals surface area contributed by atoms with Crippen LogP contribution in [0.3, 0.4) is 0 Å². The SMILES string of the molecule is CC(C)C(C)NC(=O)CCOCCOCCOCCOCCOCCOCCOCCOCCNC(=O)CCN(C)C(=O)/C=C\C=O. The first-order chi connectivity index (χ1) is 22.8. The highest BCUT2D eigenvalue weighted by molar-refractivity contribution is 5.91. The van der Waals surface area contributed by atoms with Crippen LogP contribution in [-0.2, 0) is 57.1 Å². The number of allylic oxidation sites excluding steroid dienone is 1. The third-order valence-corrected chi connectivity index (χ3v) is 6.40. The van der Waals surface area contributed by atoms with E-state index in [9.17, 15) is 19.2 Å².